The second-order valence-electron chi connectivity index (χ2n) is 3.90. The number of rotatable bonds is 6. The van der Waals surface area contributed by atoms with Crippen molar-refractivity contribution in [3.05, 3.63) is 18.7 Å². The number of anilines is 1. The fourth-order valence-electron chi connectivity index (χ4n) is 1.38. The summed E-state index contributed by atoms with van der Waals surface area (Å²) >= 11 is 0. The summed E-state index contributed by atoms with van der Waals surface area (Å²) in [5.41, 5.74) is 0. The summed E-state index contributed by atoms with van der Waals surface area (Å²) in [5, 5.41) is 16.1. The molecule has 20 heavy (non-hydrogen) atoms. The van der Waals surface area contributed by atoms with Gasteiger partial charge in [-0.05, 0) is 0 Å². The lowest BCUT2D eigenvalue weighted by atomic mass is 10.4. The Kier molecular flexibility index (Phi) is 3.70. The van der Waals surface area contributed by atoms with Gasteiger partial charge in [-0.3, -0.25) is 9.48 Å². The largest absolute Gasteiger partial charge is 0.481 e. The van der Waals surface area contributed by atoms with Crippen LogP contribution in [0.15, 0.2) is 23.6 Å². The van der Waals surface area contributed by atoms with E-state index in [1.54, 1.807) is 7.05 Å². The molecule has 2 heterocycles. The zero-order valence-electron chi connectivity index (χ0n) is 10.5. The maximum absolute atomic E-state index is 12.0. The number of nitrogens with zero attached hydrogens (tertiary/aromatic N) is 5. The molecule has 0 saturated carbocycles. The van der Waals surface area contributed by atoms with Crippen molar-refractivity contribution in [3.8, 4) is 0 Å². The van der Waals surface area contributed by atoms with Crippen LogP contribution in [0.5, 0.6) is 0 Å². The van der Waals surface area contributed by atoms with Crippen molar-refractivity contribution >= 4 is 21.9 Å². The molecule has 2 rings (SSSR count). The molecule has 0 fully saturated rings. The fraction of sp³-hybridized carbons (Fsp3) is 0.333. The van der Waals surface area contributed by atoms with Gasteiger partial charge in [0.25, 0.3) is 10.0 Å². The Morgan fingerprint density at radius 1 is 1.45 bits per heavy atom. The molecule has 0 radical (unpaired) electrons. The third kappa shape index (κ3) is 3.12. The smallest absolute Gasteiger partial charge is 0.305 e. The average Bonchev–Trinajstić information content (AvgIpc) is 2.97. The summed E-state index contributed by atoms with van der Waals surface area (Å²) in [6.07, 6.45) is 3.47. The van der Waals surface area contributed by atoms with E-state index in [2.05, 4.69) is 19.9 Å². The molecule has 108 valence electrons. The highest BCUT2D eigenvalue weighted by atomic mass is 32.2. The van der Waals surface area contributed by atoms with Crippen LogP contribution < -0.4 is 4.72 Å². The first-order valence-electron chi connectivity index (χ1n) is 5.49. The monoisotopic (exact) mass is 300 g/mol. The Morgan fingerprint density at radius 3 is 2.80 bits per heavy atom. The number of aliphatic carboxylic acids is 1. The molecule has 11 heteroatoms. The lowest BCUT2D eigenvalue weighted by Crippen LogP contribution is -2.15. The lowest BCUT2D eigenvalue weighted by molar-refractivity contribution is -0.137. The Hall–Kier alpha value is -2.43. The maximum atomic E-state index is 12.0. The molecule has 0 aromatic carbocycles. The summed E-state index contributed by atoms with van der Waals surface area (Å²) in [6, 6.07) is 0. The molecule has 0 aliphatic heterocycles. The topological polar surface area (TPSA) is 132 Å². The number of nitrogens with one attached hydrogen (secondary N) is 1. The van der Waals surface area contributed by atoms with Gasteiger partial charge in [-0.15, -0.1) is 0 Å². The summed E-state index contributed by atoms with van der Waals surface area (Å²) in [4.78, 5) is 14.1. The first kappa shape index (κ1) is 14.0. The first-order valence-corrected chi connectivity index (χ1v) is 6.98. The summed E-state index contributed by atoms with van der Waals surface area (Å²) < 4.78 is 28.9. The molecule has 0 unspecified atom stereocenters. The van der Waals surface area contributed by atoms with Crippen molar-refractivity contribution < 1.29 is 18.3 Å². The highest BCUT2D eigenvalue weighted by molar-refractivity contribution is 7.92. The van der Waals surface area contributed by atoms with Crippen LogP contribution in [-0.4, -0.2) is 44.0 Å². The Balaban J connectivity index is 2.14. The average molecular weight is 300 g/mol. The normalized spacial score (nSPS) is 11.4. The van der Waals surface area contributed by atoms with Crippen LogP contribution in [0, 0.1) is 0 Å². The van der Waals surface area contributed by atoms with Crippen molar-refractivity contribution in [3.63, 3.8) is 0 Å². The molecule has 2 aromatic rings. The third-order valence-corrected chi connectivity index (χ3v) is 3.69. The van der Waals surface area contributed by atoms with E-state index in [-0.39, 0.29) is 23.8 Å². The van der Waals surface area contributed by atoms with E-state index in [9.17, 15) is 13.2 Å². The van der Waals surface area contributed by atoms with Crippen molar-refractivity contribution in [2.75, 3.05) is 4.72 Å². The highest BCUT2D eigenvalue weighted by Crippen LogP contribution is 2.12. The predicted molar refractivity (Wildman–Crippen MR) is 66.3 cm³/mol. The van der Waals surface area contributed by atoms with Crippen LogP contribution in [0.2, 0.25) is 0 Å². The number of aryl methyl sites for hydroxylation is 2. The Morgan fingerprint density at radius 2 is 2.20 bits per heavy atom. The molecule has 2 aromatic heterocycles. The predicted octanol–water partition coefficient (Wildman–Crippen LogP) is -0.713. The van der Waals surface area contributed by atoms with Gasteiger partial charge < -0.3 is 5.11 Å². The van der Waals surface area contributed by atoms with Gasteiger partial charge in [-0.1, -0.05) is 0 Å². The van der Waals surface area contributed by atoms with Crippen LogP contribution in [0.3, 0.4) is 0 Å². The van der Waals surface area contributed by atoms with Crippen molar-refractivity contribution in [2.24, 2.45) is 7.05 Å². The molecule has 0 aliphatic rings. The van der Waals surface area contributed by atoms with Gasteiger partial charge in [0.2, 0.25) is 5.95 Å². The minimum atomic E-state index is -3.83. The maximum Gasteiger partial charge on any atom is 0.305 e. The van der Waals surface area contributed by atoms with Crippen molar-refractivity contribution in [1.29, 1.82) is 0 Å². The summed E-state index contributed by atoms with van der Waals surface area (Å²) in [6.45, 7) is 0.0921. The molecule has 2 N–H and O–H groups in total. The third-order valence-electron chi connectivity index (χ3n) is 2.41. The van der Waals surface area contributed by atoms with Crippen LogP contribution in [0.25, 0.3) is 0 Å². The molecule has 0 saturated heterocycles. The molecule has 0 spiro atoms. The number of carbonyl (C=O) groups is 1. The van der Waals surface area contributed by atoms with Gasteiger partial charge in [0.05, 0.1) is 19.2 Å². The second-order valence-corrected chi connectivity index (χ2v) is 5.58. The van der Waals surface area contributed by atoms with E-state index in [0.29, 0.717) is 0 Å². The first-order chi connectivity index (χ1) is 9.38. The van der Waals surface area contributed by atoms with E-state index in [0.717, 1.165) is 6.20 Å². The zero-order chi connectivity index (χ0) is 14.8. The Labute approximate surface area is 114 Å². The Bertz CT molecular complexity index is 718. The standard InChI is InChI=1S/C9H12N6O4S/c1-14-9(10-6-12-14)13-20(18,19)7-4-11-15(5-7)3-2-8(16)17/h4-6H,2-3H2,1H3,(H,16,17)(H,10,12,13). The van der Waals surface area contributed by atoms with Crippen LogP contribution >= 0.6 is 0 Å². The van der Waals surface area contributed by atoms with Crippen molar-refractivity contribution in [1.82, 2.24) is 24.5 Å². The van der Waals surface area contributed by atoms with Gasteiger partial charge in [0.1, 0.15) is 11.2 Å². The molecule has 10 nitrogen and oxygen atoms in total. The summed E-state index contributed by atoms with van der Waals surface area (Å²) in [7, 11) is -2.28. The van der Waals surface area contributed by atoms with E-state index >= 15 is 0 Å². The molecule has 0 aliphatic carbocycles. The molecular weight excluding hydrogens is 288 g/mol. The molecule has 0 atom stereocenters. The van der Waals surface area contributed by atoms with Crippen LogP contribution in [0.4, 0.5) is 5.95 Å². The summed E-state index contributed by atoms with van der Waals surface area (Å²) in [5.74, 6) is -0.912. The quantitative estimate of drug-likeness (QED) is 0.719. The van der Waals surface area contributed by atoms with E-state index in [4.69, 9.17) is 5.11 Å². The lowest BCUT2D eigenvalue weighted by Gasteiger charge is -2.04. The van der Waals surface area contributed by atoms with Gasteiger partial charge >= 0.3 is 5.97 Å². The minimum Gasteiger partial charge on any atom is -0.481 e. The van der Waals surface area contributed by atoms with Crippen molar-refractivity contribution in [2.45, 2.75) is 17.9 Å². The van der Waals surface area contributed by atoms with Gasteiger partial charge in [0.15, 0.2) is 0 Å². The number of carboxylic acid groups (broad SMARTS) is 1. The number of hydrogen-bond acceptors (Lipinski definition) is 6. The number of sulfonamides is 1. The number of aromatic nitrogens is 5. The van der Waals surface area contributed by atoms with E-state index in [1.165, 1.54) is 21.9 Å². The zero-order valence-corrected chi connectivity index (χ0v) is 11.3. The van der Waals surface area contributed by atoms with Gasteiger partial charge in [0, 0.05) is 13.2 Å². The number of hydrogen-bond donors (Lipinski definition) is 2. The molecule has 0 bridgehead atoms. The van der Waals surface area contributed by atoms with Crippen LogP contribution in [0.1, 0.15) is 6.42 Å². The minimum absolute atomic E-state index is 0.0725. The highest BCUT2D eigenvalue weighted by Gasteiger charge is 2.19. The van der Waals surface area contributed by atoms with Crippen LogP contribution in [-0.2, 0) is 28.4 Å². The van der Waals surface area contributed by atoms with Gasteiger partial charge in [-0.2, -0.15) is 15.2 Å². The van der Waals surface area contributed by atoms with E-state index in [1.807, 2.05) is 0 Å². The SMILES string of the molecule is Cn1ncnc1NS(=O)(=O)c1cnn(CCC(=O)O)c1. The molecular formula is C9H12N6O4S. The van der Waals surface area contributed by atoms with E-state index < -0.39 is 16.0 Å². The van der Waals surface area contributed by atoms with Gasteiger partial charge in [-0.25, -0.2) is 17.8 Å². The second kappa shape index (κ2) is 5.28. The number of carboxylic acids is 1. The molecule has 0 amide bonds. The fourth-order valence-corrected chi connectivity index (χ4v) is 2.37.